The van der Waals surface area contributed by atoms with Gasteiger partial charge in [-0.3, -0.25) is 4.68 Å². The fraction of sp³-hybridized carbons (Fsp3) is 0.400. The molecule has 108 valence electrons. The largest absolute Gasteiger partial charge is 0.384 e. The molecule has 0 radical (unpaired) electrons. The predicted molar refractivity (Wildman–Crippen MR) is 80.7 cm³/mol. The number of hydrogen-bond donors (Lipinski definition) is 2. The van der Waals surface area contributed by atoms with Crippen LogP contribution in [-0.2, 0) is 19.2 Å². The molecule has 5 heteroatoms. The van der Waals surface area contributed by atoms with Gasteiger partial charge >= 0.3 is 0 Å². The molecular formula is C15H20ClN3O. The van der Waals surface area contributed by atoms with Crippen molar-refractivity contribution in [3.8, 4) is 0 Å². The first-order chi connectivity index (χ1) is 9.38. The van der Waals surface area contributed by atoms with E-state index in [1.165, 1.54) is 0 Å². The van der Waals surface area contributed by atoms with Gasteiger partial charge in [-0.05, 0) is 31.0 Å². The van der Waals surface area contributed by atoms with Crippen molar-refractivity contribution in [3.05, 3.63) is 52.3 Å². The minimum absolute atomic E-state index is 0.459. The van der Waals surface area contributed by atoms with Gasteiger partial charge in [0.1, 0.15) is 5.60 Å². The Kier molecular flexibility index (Phi) is 4.48. The smallest absolute Gasteiger partial charge is 0.102 e. The summed E-state index contributed by atoms with van der Waals surface area (Å²) in [5, 5.41) is 18.6. The number of hydrogen-bond acceptors (Lipinski definition) is 3. The summed E-state index contributed by atoms with van der Waals surface area (Å²) in [6, 6.07) is 5.93. The van der Waals surface area contributed by atoms with E-state index in [2.05, 4.69) is 10.4 Å². The summed E-state index contributed by atoms with van der Waals surface area (Å²) in [6.07, 6.45) is 3.52. The zero-order valence-corrected chi connectivity index (χ0v) is 12.8. The average Bonchev–Trinajstić information content (AvgIpc) is 2.81. The van der Waals surface area contributed by atoms with Crippen molar-refractivity contribution in [2.45, 2.75) is 26.0 Å². The van der Waals surface area contributed by atoms with Crippen LogP contribution in [0.25, 0.3) is 0 Å². The Morgan fingerprint density at radius 1 is 1.45 bits per heavy atom. The quantitative estimate of drug-likeness (QED) is 0.890. The normalized spacial score (nSPS) is 14.2. The van der Waals surface area contributed by atoms with Gasteiger partial charge in [0.15, 0.2) is 0 Å². The first-order valence-corrected chi connectivity index (χ1v) is 6.93. The predicted octanol–water partition coefficient (Wildman–Crippen LogP) is 2.38. The molecule has 0 amide bonds. The van der Waals surface area contributed by atoms with Crippen LogP contribution in [0, 0.1) is 6.92 Å². The summed E-state index contributed by atoms with van der Waals surface area (Å²) in [4.78, 5) is 0. The molecule has 1 aromatic carbocycles. The topological polar surface area (TPSA) is 50.1 Å². The molecule has 0 saturated carbocycles. The zero-order valence-electron chi connectivity index (χ0n) is 12.0. The Hall–Kier alpha value is -1.36. The Morgan fingerprint density at radius 2 is 2.20 bits per heavy atom. The van der Waals surface area contributed by atoms with Crippen LogP contribution in [0.2, 0.25) is 5.02 Å². The number of benzene rings is 1. The highest BCUT2D eigenvalue weighted by molar-refractivity contribution is 6.31. The van der Waals surface area contributed by atoms with Crippen LogP contribution in [0.1, 0.15) is 23.6 Å². The molecule has 0 spiro atoms. The maximum atomic E-state index is 10.4. The number of halogens is 1. The van der Waals surface area contributed by atoms with Crippen molar-refractivity contribution < 1.29 is 5.11 Å². The van der Waals surface area contributed by atoms with Gasteiger partial charge in [0, 0.05) is 36.9 Å². The third kappa shape index (κ3) is 3.60. The average molecular weight is 294 g/mol. The molecule has 0 bridgehead atoms. The maximum Gasteiger partial charge on any atom is 0.102 e. The highest BCUT2D eigenvalue weighted by Crippen LogP contribution is 2.19. The van der Waals surface area contributed by atoms with Crippen LogP contribution in [-0.4, -0.2) is 21.4 Å². The fourth-order valence-corrected chi connectivity index (χ4v) is 2.19. The van der Waals surface area contributed by atoms with Crippen LogP contribution in [0.4, 0.5) is 0 Å². The molecule has 0 aliphatic carbocycles. The van der Waals surface area contributed by atoms with Crippen molar-refractivity contribution in [1.82, 2.24) is 15.1 Å². The third-order valence-electron chi connectivity index (χ3n) is 3.35. The summed E-state index contributed by atoms with van der Waals surface area (Å²) < 4.78 is 1.69. The van der Waals surface area contributed by atoms with E-state index in [-0.39, 0.29) is 0 Å². The van der Waals surface area contributed by atoms with E-state index < -0.39 is 5.60 Å². The molecule has 1 heterocycles. The van der Waals surface area contributed by atoms with Crippen molar-refractivity contribution in [2.75, 3.05) is 6.54 Å². The number of aromatic nitrogens is 2. The van der Waals surface area contributed by atoms with Crippen molar-refractivity contribution in [3.63, 3.8) is 0 Å². The SMILES string of the molecule is Cc1cc(CNCC(C)(O)c2cnn(C)c2)ccc1Cl. The molecule has 4 nitrogen and oxygen atoms in total. The van der Waals surface area contributed by atoms with E-state index in [0.717, 1.165) is 21.7 Å². The molecule has 1 atom stereocenters. The van der Waals surface area contributed by atoms with Gasteiger partial charge < -0.3 is 10.4 Å². The molecule has 2 rings (SSSR count). The van der Waals surface area contributed by atoms with E-state index in [0.29, 0.717) is 13.1 Å². The van der Waals surface area contributed by atoms with Gasteiger partial charge in [0.25, 0.3) is 0 Å². The van der Waals surface area contributed by atoms with Gasteiger partial charge in [-0.1, -0.05) is 23.7 Å². The van der Waals surface area contributed by atoms with Crippen molar-refractivity contribution >= 4 is 11.6 Å². The number of nitrogens with one attached hydrogen (secondary N) is 1. The van der Waals surface area contributed by atoms with Crippen LogP contribution in [0.3, 0.4) is 0 Å². The van der Waals surface area contributed by atoms with Crippen LogP contribution < -0.4 is 5.32 Å². The third-order valence-corrected chi connectivity index (χ3v) is 3.77. The Bertz CT molecular complexity index is 593. The van der Waals surface area contributed by atoms with Gasteiger partial charge in [-0.15, -0.1) is 0 Å². The molecule has 2 N–H and O–H groups in total. The van der Waals surface area contributed by atoms with E-state index in [4.69, 9.17) is 11.6 Å². The molecule has 0 fully saturated rings. The van der Waals surface area contributed by atoms with Crippen molar-refractivity contribution in [2.24, 2.45) is 7.05 Å². The second-order valence-corrected chi connectivity index (χ2v) is 5.77. The Morgan fingerprint density at radius 3 is 2.80 bits per heavy atom. The van der Waals surface area contributed by atoms with Gasteiger partial charge in [-0.25, -0.2) is 0 Å². The molecule has 1 aromatic heterocycles. The van der Waals surface area contributed by atoms with Crippen LogP contribution in [0.5, 0.6) is 0 Å². The summed E-state index contributed by atoms with van der Waals surface area (Å²) in [5.74, 6) is 0. The van der Waals surface area contributed by atoms with Crippen LogP contribution >= 0.6 is 11.6 Å². The molecule has 20 heavy (non-hydrogen) atoms. The van der Waals surface area contributed by atoms with Crippen LogP contribution in [0.15, 0.2) is 30.6 Å². The maximum absolute atomic E-state index is 10.4. The van der Waals surface area contributed by atoms with E-state index >= 15 is 0 Å². The molecule has 1 unspecified atom stereocenters. The second-order valence-electron chi connectivity index (χ2n) is 5.36. The second kappa shape index (κ2) is 5.95. The molecule has 0 aliphatic rings. The minimum atomic E-state index is -0.935. The number of aryl methyl sites for hydroxylation is 2. The lowest BCUT2D eigenvalue weighted by Gasteiger charge is -2.22. The number of nitrogens with zero attached hydrogens (tertiary/aromatic N) is 2. The Balaban J connectivity index is 1.93. The van der Waals surface area contributed by atoms with Gasteiger partial charge in [0.2, 0.25) is 0 Å². The van der Waals surface area contributed by atoms with Gasteiger partial charge in [-0.2, -0.15) is 5.10 Å². The molecular weight excluding hydrogens is 274 g/mol. The first-order valence-electron chi connectivity index (χ1n) is 6.56. The van der Waals surface area contributed by atoms with E-state index in [1.54, 1.807) is 17.8 Å². The lowest BCUT2D eigenvalue weighted by molar-refractivity contribution is 0.0566. The number of aliphatic hydroxyl groups is 1. The highest BCUT2D eigenvalue weighted by Gasteiger charge is 2.24. The summed E-state index contributed by atoms with van der Waals surface area (Å²) >= 11 is 6.00. The molecule has 0 saturated heterocycles. The lowest BCUT2D eigenvalue weighted by Crippen LogP contribution is -2.34. The summed E-state index contributed by atoms with van der Waals surface area (Å²) in [6.45, 7) is 4.91. The monoisotopic (exact) mass is 293 g/mol. The first kappa shape index (κ1) is 15.0. The standard InChI is InChI=1S/C15H20ClN3O/c1-11-6-12(4-5-14(11)16)7-17-10-15(2,20)13-8-18-19(3)9-13/h4-6,8-9,17,20H,7,10H2,1-3H3. The number of rotatable bonds is 5. The Labute approximate surface area is 124 Å². The lowest BCUT2D eigenvalue weighted by atomic mass is 9.99. The minimum Gasteiger partial charge on any atom is -0.384 e. The summed E-state index contributed by atoms with van der Waals surface area (Å²) in [7, 11) is 1.84. The van der Waals surface area contributed by atoms with Crippen molar-refractivity contribution in [1.29, 1.82) is 0 Å². The van der Waals surface area contributed by atoms with E-state index in [1.807, 2.05) is 38.4 Å². The molecule has 2 aromatic rings. The summed E-state index contributed by atoms with van der Waals surface area (Å²) in [5.41, 5.74) is 2.08. The zero-order chi connectivity index (χ0) is 14.8. The fourth-order valence-electron chi connectivity index (χ4n) is 2.07. The molecule has 0 aliphatic heterocycles. The highest BCUT2D eigenvalue weighted by atomic mass is 35.5. The van der Waals surface area contributed by atoms with Gasteiger partial charge in [0.05, 0.1) is 6.20 Å². The van der Waals surface area contributed by atoms with E-state index in [9.17, 15) is 5.11 Å².